The Kier molecular flexibility index (Phi) is 2.66. The number of fused-ring (bicyclic) bond motifs is 5. The molecule has 0 unspecified atom stereocenters. The zero-order valence-corrected chi connectivity index (χ0v) is 14.9. The number of carbonyl (C=O) groups is 2. The van der Waals surface area contributed by atoms with Gasteiger partial charge in [0.15, 0.2) is 0 Å². The lowest BCUT2D eigenvalue weighted by molar-refractivity contribution is -0.162. The summed E-state index contributed by atoms with van der Waals surface area (Å²) in [6.07, 6.45) is -4.98. The Hall–Kier alpha value is -0.700. The van der Waals surface area contributed by atoms with Crippen molar-refractivity contribution >= 4 is 11.6 Å². The average molecular weight is 338 g/mol. The number of carbonyl (C=O) groups excluding carboxylic acids is 2. The number of ketones is 2. The molecule has 4 fully saturated rings. The van der Waals surface area contributed by atoms with Gasteiger partial charge in [0.25, 0.3) is 0 Å². The van der Waals surface area contributed by atoms with Gasteiger partial charge in [-0.05, 0) is 80.4 Å². The van der Waals surface area contributed by atoms with Crippen molar-refractivity contribution in [1.29, 1.82) is 0 Å². The van der Waals surface area contributed by atoms with Gasteiger partial charge in [0.2, 0.25) is 0 Å². The quantitative estimate of drug-likeness (QED) is 0.792. The summed E-state index contributed by atoms with van der Waals surface area (Å²) in [5.74, 6) is -1.000. The Labute approximate surface area is 152 Å². The fourth-order valence-electron chi connectivity index (χ4n) is 6.94. The van der Waals surface area contributed by atoms with Gasteiger partial charge >= 0.3 is 0 Å². The SMILES string of the molecule is [2H]C1([2H])C[C@]2(C)[C@H]3C(=O)C[C@]4(C)[C@@H](C(C)=O)CC[C@H]4[C@@H]3CC[C@H]2C([2H])([2H])[C@]1([2H])O. The summed E-state index contributed by atoms with van der Waals surface area (Å²) in [5.41, 5.74) is -1.31. The van der Waals surface area contributed by atoms with Crippen molar-refractivity contribution in [3.8, 4) is 0 Å². The van der Waals surface area contributed by atoms with Crippen LogP contribution >= 0.6 is 0 Å². The van der Waals surface area contributed by atoms with E-state index in [0.29, 0.717) is 12.8 Å². The number of hydrogen-bond acceptors (Lipinski definition) is 3. The molecule has 3 nitrogen and oxygen atoms in total. The summed E-state index contributed by atoms with van der Waals surface area (Å²) in [4.78, 5) is 25.8. The molecule has 0 aliphatic heterocycles. The van der Waals surface area contributed by atoms with Crippen LogP contribution in [0.5, 0.6) is 0 Å². The largest absolute Gasteiger partial charge is 0.393 e. The smallest absolute Gasteiger partial charge is 0.137 e. The van der Waals surface area contributed by atoms with E-state index in [2.05, 4.69) is 6.92 Å². The van der Waals surface area contributed by atoms with Crippen LogP contribution in [0.4, 0.5) is 0 Å². The number of aliphatic hydroxyl groups is 1. The van der Waals surface area contributed by atoms with Gasteiger partial charge in [-0.15, -0.1) is 0 Å². The normalized spacial score (nSPS) is 64.2. The summed E-state index contributed by atoms with van der Waals surface area (Å²) < 4.78 is 41.8. The first-order valence-electron chi connectivity index (χ1n) is 11.9. The molecule has 0 amide bonds. The van der Waals surface area contributed by atoms with Crippen molar-refractivity contribution in [2.24, 2.45) is 40.4 Å². The number of hydrogen-bond donors (Lipinski definition) is 1. The third kappa shape index (κ3) is 2.12. The first-order valence-corrected chi connectivity index (χ1v) is 9.37. The number of rotatable bonds is 1. The van der Waals surface area contributed by atoms with E-state index in [0.717, 1.165) is 12.8 Å². The second kappa shape index (κ2) is 5.40. The van der Waals surface area contributed by atoms with Crippen molar-refractivity contribution in [3.05, 3.63) is 0 Å². The summed E-state index contributed by atoms with van der Waals surface area (Å²) in [7, 11) is 0. The van der Waals surface area contributed by atoms with Crippen molar-refractivity contribution in [3.63, 3.8) is 0 Å². The minimum atomic E-state index is -2.85. The molecule has 0 bridgehead atoms. The lowest BCUT2D eigenvalue weighted by Gasteiger charge is -2.59. The molecule has 1 N–H and O–H groups in total. The molecular formula is C21H32O3. The van der Waals surface area contributed by atoms with Crippen LogP contribution in [0, 0.1) is 40.4 Å². The Morgan fingerprint density at radius 3 is 2.71 bits per heavy atom. The van der Waals surface area contributed by atoms with Crippen LogP contribution in [0.3, 0.4) is 0 Å². The maximum Gasteiger partial charge on any atom is 0.137 e. The van der Waals surface area contributed by atoms with E-state index in [1.54, 1.807) is 13.8 Å². The first-order chi connectivity index (χ1) is 13.1. The van der Waals surface area contributed by atoms with Gasteiger partial charge in [-0.25, -0.2) is 0 Å². The molecule has 4 saturated carbocycles. The Morgan fingerprint density at radius 2 is 2.00 bits per heavy atom. The van der Waals surface area contributed by atoms with Crippen molar-refractivity contribution < 1.29 is 21.5 Å². The van der Waals surface area contributed by atoms with Crippen molar-refractivity contribution in [2.75, 3.05) is 0 Å². The van der Waals surface area contributed by atoms with Crippen LogP contribution in [0.2, 0.25) is 0 Å². The monoisotopic (exact) mass is 337 g/mol. The van der Waals surface area contributed by atoms with Crippen LogP contribution in [-0.2, 0) is 9.59 Å². The van der Waals surface area contributed by atoms with Gasteiger partial charge in [0.1, 0.15) is 11.6 Å². The molecule has 0 aromatic carbocycles. The molecule has 0 aromatic rings. The molecular weight excluding hydrogens is 300 g/mol. The average Bonchev–Trinajstić information content (AvgIpc) is 2.89. The maximum atomic E-state index is 13.5. The van der Waals surface area contributed by atoms with Crippen molar-refractivity contribution in [1.82, 2.24) is 0 Å². The summed E-state index contributed by atoms with van der Waals surface area (Å²) in [6.45, 7) is 5.46. The van der Waals surface area contributed by atoms with E-state index < -0.39 is 36.1 Å². The zero-order chi connectivity index (χ0) is 21.8. The molecule has 0 saturated heterocycles. The molecule has 0 radical (unpaired) electrons. The zero-order valence-electron chi connectivity index (χ0n) is 19.9. The Bertz CT molecular complexity index is 765. The van der Waals surface area contributed by atoms with Gasteiger partial charge in [-0.3, -0.25) is 9.59 Å². The Morgan fingerprint density at radius 1 is 1.25 bits per heavy atom. The summed E-state index contributed by atoms with van der Waals surface area (Å²) in [6, 6.07) is 0. The Balaban J connectivity index is 1.78. The van der Waals surface area contributed by atoms with Gasteiger partial charge in [0, 0.05) is 23.7 Å². The molecule has 4 rings (SSSR count). The molecule has 134 valence electrons. The van der Waals surface area contributed by atoms with Crippen LogP contribution in [-0.4, -0.2) is 22.8 Å². The molecule has 0 aromatic heterocycles. The van der Waals surface area contributed by atoms with Crippen LogP contribution in [0.15, 0.2) is 0 Å². The third-order valence-corrected chi connectivity index (χ3v) is 7.99. The van der Waals surface area contributed by atoms with E-state index >= 15 is 0 Å². The second-order valence-electron chi connectivity index (χ2n) is 9.12. The molecule has 24 heavy (non-hydrogen) atoms. The molecule has 0 spiro atoms. The minimum Gasteiger partial charge on any atom is -0.393 e. The van der Waals surface area contributed by atoms with Crippen LogP contribution < -0.4 is 0 Å². The maximum absolute atomic E-state index is 13.5. The standard InChI is InChI=1S/C21H32O3/c1-12(22)16-6-7-17-15-5-4-13-10-14(23)8-9-20(13,2)19(15)18(24)11-21(16,17)3/h13-17,19,23H,4-11H2,1-3H3/t13-,14+,15-,16+,17-,19+,20-,21+/m0/s1/i8D2,10D2,14D. The van der Waals surface area contributed by atoms with Crippen LogP contribution in [0.1, 0.15) is 78.9 Å². The van der Waals surface area contributed by atoms with E-state index in [-0.39, 0.29) is 47.6 Å². The van der Waals surface area contributed by atoms with Gasteiger partial charge in [0.05, 0.1) is 7.45 Å². The van der Waals surface area contributed by atoms with E-state index in [9.17, 15) is 14.7 Å². The predicted molar refractivity (Wildman–Crippen MR) is 92.3 cm³/mol. The summed E-state index contributed by atoms with van der Waals surface area (Å²) in [5, 5.41) is 10.5. The molecule has 4 aliphatic carbocycles. The highest BCUT2D eigenvalue weighted by Crippen LogP contribution is 2.66. The molecule has 0 heterocycles. The summed E-state index contributed by atoms with van der Waals surface area (Å²) >= 11 is 0. The highest BCUT2D eigenvalue weighted by atomic mass is 16.3. The first kappa shape index (κ1) is 11.8. The highest BCUT2D eigenvalue weighted by Gasteiger charge is 2.63. The van der Waals surface area contributed by atoms with E-state index in [4.69, 9.17) is 6.85 Å². The second-order valence-corrected chi connectivity index (χ2v) is 9.12. The molecule has 3 heteroatoms. The fraction of sp³-hybridized carbons (Fsp3) is 0.905. The topological polar surface area (TPSA) is 54.4 Å². The lowest BCUT2D eigenvalue weighted by Crippen LogP contribution is -2.58. The van der Waals surface area contributed by atoms with Gasteiger partial charge < -0.3 is 5.11 Å². The van der Waals surface area contributed by atoms with Crippen LogP contribution in [0.25, 0.3) is 0 Å². The molecule has 8 atom stereocenters. The van der Waals surface area contributed by atoms with Gasteiger partial charge in [-0.1, -0.05) is 13.8 Å². The minimum absolute atomic E-state index is 0.00961. The lowest BCUT2D eigenvalue weighted by atomic mass is 9.44. The number of Topliss-reactive ketones (excluding diaryl/α,β-unsaturated/α-hetero) is 2. The molecule has 4 aliphatic rings. The third-order valence-electron chi connectivity index (χ3n) is 7.99. The predicted octanol–water partition coefficient (Wildman–Crippen LogP) is 3.77. The fourth-order valence-corrected chi connectivity index (χ4v) is 6.94. The highest BCUT2D eigenvalue weighted by molar-refractivity contribution is 5.87. The van der Waals surface area contributed by atoms with Gasteiger partial charge in [-0.2, -0.15) is 0 Å². The van der Waals surface area contributed by atoms with Crippen molar-refractivity contribution in [2.45, 2.75) is 78.1 Å². The van der Waals surface area contributed by atoms with E-state index in [1.807, 2.05) is 0 Å². The van der Waals surface area contributed by atoms with E-state index in [1.165, 1.54) is 0 Å².